The van der Waals surface area contributed by atoms with Gasteiger partial charge in [0.1, 0.15) is 11.9 Å². The van der Waals surface area contributed by atoms with Gasteiger partial charge in [-0.1, -0.05) is 23.2 Å². The molecule has 1 aliphatic heterocycles. The normalized spacial score (nSPS) is 18.4. The van der Waals surface area contributed by atoms with Crippen LogP contribution in [0, 0.1) is 0 Å². The molecule has 0 saturated carbocycles. The van der Waals surface area contributed by atoms with Crippen molar-refractivity contribution in [3.8, 4) is 5.75 Å². The third-order valence-corrected chi connectivity index (χ3v) is 6.71. The van der Waals surface area contributed by atoms with Crippen molar-refractivity contribution in [3.05, 3.63) is 45.2 Å². The van der Waals surface area contributed by atoms with Crippen LogP contribution in [0.3, 0.4) is 0 Å². The minimum atomic E-state index is -0.633. The molecule has 0 unspecified atom stereocenters. The summed E-state index contributed by atoms with van der Waals surface area (Å²) in [5, 5.41) is 21.4. The van der Waals surface area contributed by atoms with Gasteiger partial charge in [0.05, 0.1) is 16.1 Å². The smallest absolute Gasteiger partial charge is 0.272 e. The van der Waals surface area contributed by atoms with Crippen LogP contribution < -0.4 is 10.1 Å². The first-order chi connectivity index (χ1) is 15.0. The first-order valence-corrected chi connectivity index (χ1v) is 11.6. The number of aromatic amines is 1. The van der Waals surface area contributed by atoms with Gasteiger partial charge in [0.25, 0.3) is 5.91 Å². The van der Waals surface area contributed by atoms with Crippen molar-refractivity contribution in [2.45, 2.75) is 50.7 Å². The lowest BCUT2D eigenvalue weighted by atomic mass is 9.96. The van der Waals surface area contributed by atoms with Crippen molar-refractivity contribution in [1.29, 1.82) is 0 Å². The summed E-state index contributed by atoms with van der Waals surface area (Å²) >= 11 is 12.0. The Kier molecular flexibility index (Phi) is 7.38. The highest BCUT2D eigenvalue weighted by molar-refractivity contribution is 6.42. The Balaban J connectivity index is 1.18. The molecule has 9 heteroatoms. The molecule has 1 fully saturated rings. The maximum atomic E-state index is 12.5. The van der Waals surface area contributed by atoms with E-state index in [9.17, 15) is 9.90 Å². The zero-order valence-electron chi connectivity index (χ0n) is 17.4. The van der Waals surface area contributed by atoms with E-state index < -0.39 is 6.10 Å². The molecule has 0 radical (unpaired) electrons. The number of aliphatic hydroxyl groups is 1. The average molecular weight is 467 g/mol. The highest BCUT2D eigenvalue weighted by Gasteiger charge is 2.24. The number of likely N-dealkylation sites (tertiary alicyclic amines) is 1. The van der Waals surface area contributed by atoms with E-state index in [0.29, 0.717) is 22.3 Å². The van der Waals surface area contributed by atoms with Gasteiger partial charge < -0.3 is 20.1 Å². The minimum absolute atomic E-state index is 0.108. The number of carbonyl (C=O) groups is 1. The molecule has 1 atom stereocenters. The zero-order chi connectivity index (χ0) is 21.8. The number of aryl methyl sites for hydroxylation is 1. The molecule has 0 bridgehead atoms. The van der Waals surface area contributed by atoms with Crippen LogP contribution in [-0.2, 0) is 12.8 Å². The average Bonchev–Trinajstić information content (AvgIpc) is 3.20. The summed E-state index contributed by atoms with van der Waals surface area (Å²) in [6.45, 7) is 2.37. The number of halogens is 2. The quantitative estimate of drug-likeness (QED) is 0.582. The zero-order valence-corrected chi connectivity index (χ0v) is 18.9. The number of nitrogens with one attached hydrogen (secondary N) is 2. The van der Waals surface area contributed by atoms with Gasteiger partial charge >= 0.3 is 0 Å². The highest BCUT2D eigenvalue weighted by Crippen LogP contribution is 2.28. The molecule has 3 N–H and O–H groups in total. The van der Waals surface area contributed by atoms with Crippen molar-refractivity contribution >= 4 is 29.1 Å². The molecule has 4 rings (SSSR count). The Morgan fingerprint density at radius 2 is 2.03 bits per heavy atom. The molecular weight excluding hydrogens is 439 g/mol. The summed E-state index contributed by atoms with van der Waals surface area (Å²) in [5.41, 5.74) is 2.58. The second-order valence-electron chi connectivity index (χ2n) is 8.29. The van der Waals surface area contributed by atoms with Gasteiger partial charge in [-0.3, -0.25) is 9.89 Å². The van der Waals surface area contributed by atoms with E-state index in [0.717, 1.165) is 68.6 Å². The number of nitrogens with zero attached hydrogens (tertiary/aromatic N) is 2. The van der Waals surface area contributed by atoms with Gasteiger partial charge in [-0.05, 0) is 50.7 Å². The molecule has 31 heavy (non-hydrogen) atoms. The van der Waals surface area contributed by atoms with Crippen molar-refractivity contribution in [2.75, 3.05) is 26.2 Å². The Morgan fingerprint density at radius 1 is 1.26 bits per heavy atom. The number of ether oxygens (including phenoxy) is 1. The summed E-state index contributed by atoms with van der Waals surface area (Å²) in [4.78, 5) is 14.7. The van der Waals surface area contributed by atoms with Crippen LogP contribution in [0.1, 0.15) is 47.4 Å². The van der Waals surface area contributed by atoms with Gasteiger partial charge in [0.15, 0.2) is 5.69 Å². The summed E-state index contributed by atoms with van der Waals surface area (Å²) in [6.07, 6.45) is 5.24. The molecule has 1 aromatic heterocycles. The van der Waals surface area contributed by atoms with E-state index in [2.05, 4.69) is 20.4 Å². The second-order valence-corrected chi connectivity index (χ2v) is 9.11. The predicted octanol–water partition coefficient (Wildman–Crippen LogP) is 3.23. The topological polar surface area (TPSA) is 90.5 Å². The van der Waals surface area contributed by atoms with Crippen LogP contribution in [0.15, 0.2) is 18.2 Å². The molecule has 7 nitrogen and oxygen atoms in total. The largest absolute Gasteiger partial charge is 0.490 e. The molecular formula is C22H28Cl2N4O3. The molecule has 1 aromatic carbocycles. The molecule has 1 saturated heterocycles. The summed E-state index contributed by atoms with van der Waals surface area (Å²) in [5.74, 6) is 0.503. The number of amides is 1. The monoisotopic (exact) mass is 466 g/mol. The predicted molar refractivity (Wildman–Crippen MR) is 120 cm³/mol. The van der Waals surface area contributed by atoms with E-state index in [1.807, 2.05) is 6.07 Å². The van der Waals surface area contributed by atoms with Crippen LogP contribution in [-0.4, -0.2) is 64.5 Å². The van der Waals surface area contributed by atoms with E-state index in [1.165, 1.54) is 0 Å². The van der Waals surface area contributed by atoms with Crippen LogP contribution >= 0.6 is 23.2 Å². The Hall–Kier alpha value is -1.80. The SMILES string of the molecule is O=C(NC[C@@H](O)CN1CCC(Oc2ccc(Cl)c(Cl)c2)CC1)c1n[nH]c2c1CCCC2. The van der Waals surface area contributed by atoms with E-state index in [4.69, 9.17) is 27.9 Å². The summed E-state index contributed by atoms with van der Waals surface area (Å²) < 4.78 is 6.01. The third-order valence-electron chi connectivity index (χ3n) is 5.97. The van der Waals surface area contributed by atoms with Gasteiger partial charge in [0, 0.05) is 43.5 Å². The summed E-state index contributed by atoms with van der Waals surface area (Å²) in [6, 6.07) is 5.29. The minimum Gasteiger partial charge on any atom is -0.490 e. The fourth-order valence-electron chi connectivity index (χ4n) is 4.28. The van der Waals surface area contributed by atoms with Crippen molar-refractivity contribution in [3.63, 3.8) is 0 Å². The number of hydrogen-bond acceptors (Lipinski definition) is 5. The number of carbonyl (C=O) groups excluding carboxylic acids is 1. The number of H-pyrrole nitrogens is 1. The van der Waals surface area contributed by atoms with Gasteiger partial charge in [-0.2, -0.15) is 5.10 Å². The lowest BCUT2D eigenvalue weighted by Crippen LogP contribution is -2.45. The molecule has 1 aliphatic carbocycles. The molecule has 168 valence electrons. The maximum absolute atomic E-state index is 12.5. The van der Waals surface area contributed by atoms with Crippen molar-refractivity contribution in [1.82, 2.24) is 20.4 Å². The lowest BCUT2D eigenvalue weighted by molar-refractivity contribution is 0.0593. The van der Waals surface area contributed by atoms with Crippen LogP contribution in [0.4, 0.5) is 0 Å². The number of aromatic nitrogens is 2. The van der Waals surface area contributed by atoms with Gasteiger partial charge in [-0.15, -0.1) is 0 Å². The van der Waals surface area contributed by atoms with Gasteiger partial charge in [-0.25, -0.2) is 0 Å². The summed E-state index contributed by atoms with van der Waals surface area (Å²) in [7, 11) is 0. The second kappa shape index (κ2) is 10.2. The number of aliphatic hydroxyl groups excluding tert-OH is 1. The van der Waals surface area contributed by atoms with Crippen LogP contribution in [0.5, 0.6) is 5.75 Å². The number of piperidine rings is 1. The lowest BCUT2D eigenvalue weighted by Gasteiger charge is -2.33. The Labute approximate surface area is 192 Å². The number of rotatable bonds is 7. The number of fused-ring (bicyclic) bond motifs is 1. The molecule has 0 spiro atoms. The van der Waals surface area contributed by atoms with E-state index in [-0.39, 0.29) is 18.6 Å². The Morgan fingerprint density at radius 3 is 2.81 bits per heavy atom. The van der Waals surface area contributed by atoms with Crippen LogP contribution in [0.2, 0.25) is 10.0 Å². The molecule has 2 aromatic rings. The number of hydrogen-bond donors (Lipinski definition) is 3. The Bertz CT molecular complexity index is 912. The van der Waals surface area contributed by atoms with Crippen LogP contribution in [0.25, 0.3) is 0 Å². The molecule has 2 aliphatic rings. The van der Waals surface area contributed by atoms with Crippen molar-refractivity contribution in [2.24, 2.45) is 0 Å². The first-order valence-electron chi connectivity index (χ1n) is 10.9. The molecule has 2 heterocycles. The fraction of sp³-hybridized carbons (Fsp3) is 0.545. The highest BCUT2D eigenvalue weighted by atomic mass is 35.5. The number of β-amino-alcohol motifs (C(OH)–C–C–N with tert-alkyl or cyclic N) is 1. The van der Waals surface area contributed by atoms with Crippen molar-refractivity contribution < 1.29 is 14.6 Å². The maximum Gasteiger partial charge on any atom is 0.272 e. The van der Waals surface area contributed by atoms with Gasteiger partial charge in [0.2, 0.25) is 0 Å². The first kappa shape index (κ1) is 22.4. The fourth-order valence-corrected chi connectivity index (χ4v) is 4.57. The molecule has 1 amide bonds. The van der Waals surface area contributed by atoms with E-state index >= 15 is 0 Å². The van der Waals surface area contributed by atoms with E-state index in [1.54, 1.807) is 12.1 Å². The third kappa shape index (κ3) is 5.71. The standard InChI is InChI=1S/C22H28Cl2N4O3/c23-18-6-5-16(11-19(18)24)31-15-7-9-28(10-8-15)13-14(29)12-25-22(30)21-17-3-1-2-4-20(17)26-27-21/h5-6,11,14-15,29H,1-4,7-10,12-13H2,(H,25,30)(H,26,27)/t14-/m1/s1. The number of benzene rings is 1.